The van der Waals surface area contributed by atoms with Gasteiger partial charge in [-0.3, -0.25) is 0 Å². The predicted molar refractivity (Wildman–Crippen MR) is 75.1 cm³/mol. The van der Waals surface area contributed by atoms with Gasteiger partial charge in [0.05, 0.1) is 6.61 Å². The minimum atomic E-state index is -4.16. The van der Waals surface area contributed by atoms with Gasteiger partial charge in [0.15, 0.2) is 11.6 Å². The second kappa shape index (κ2) is 7.35. The number of nitrogens with one attached hydrogen (secondary N) is 1. The van der Waals surface area contributed by atoms with E-state index < -0.39 is 39.2 Å². The van der Waals surface area contributed by atoms with E-state index in [1.165, 1.54) is 0 Å². The van der Waals surface area contributed by atoms with Gasteiger partial charge in [-0.25, -0.2) is 21.9 Å². The molecule has 4 nitrogen and oxygen atoms in total. The van der Waals surface area contributed by atoms with E-state index in [9.17, 15) is 17.2 Å². The summed E-state index contributed by atoms with van der Waals surface area (Å²) in [6.07, 6.45) is 2.46. The molecular formula is C12H17F2NO3S2. The maximum Gasteiger partial charge on any atom is 0.243 e. The third-order valence-corrected chi connectivity index (χ3v) is 4.87. The molecule has 0 saturated heterocycles. The lowest BCUT2D eigenvalue weighted by atomic mass is 10.2. The lowest BCUT2D eigenvalue weighted by Gasteiger charge is -2.15. The van der Waals surface area contributed by atoms with Crippen molar-refractivity contribution < 1.29 is 22.3 Å². The van der Waals surface area contributed by atoms with Crippen LogP contribution in [0.3, 0.4) is 0 Å². The van der Waals surface area contributed by atoms with Crippen LogP contribution in [0.15, 0.2) is 17.0 Å². The van der Waals surface area contributed by atoms with Crippen LogP contribution in [0, 0.1) is 11.6 Å². The van der Waals surface area contributed by atoms with Gasteiger partial charge in [-0.1, -0.05) is 0 Å². The van der Waals surface area contributed by atoms with Gasteiger partial charge in [-0.05, 0) is 43.0 Å². The molecule has 0 saturated carbocycles. The zero-order valence-electron chi connectivity index (χ0n) is 11.2. The van der Waals surface area contributed by atoms with E-state index in [0.29, 0.717) is 6.42 Å². The first-order valence-electron chi connectivity index (χ1n) is 5.92. The van der Waals surface area contributed by atoms with Crippen molar-refractivity contribution in [2.45, 2.75) is 30.9 Å². The molecule has 1 rings (SSSR count). The summed E-state index contributed by atoms with van der Waals surface area (Å²) in [4.78, 5) is -0.780. The van der Waals surface area contributed by atoms with Crippen molar-refractivity contribution in [1.82, 2.24) is 4.72 Å². The molecule has 0 fully saturated rings. The number of hydrogen-bond donors (Lipinski definition) is 2. The number of benzene rings is 1. The molecule has 1 atom stereocenters. The Labute approximate surface area is 121 Å². The molecule has 0 aliphatic rings. The van der Waals surface area contributed by atoms with Gasteiger partial charge in [-0.2, -0.15) is 11.8 Å². The second-order valence-corrected chi connectivity index (χ2v) is 7.02. The number of halogens is 2. The highest BCUT2D eigenvalue weighted by Gasteiger charge is 2.24. The van der Waals surface area contributed by atoms with Crippen LogP contribution < -0.4 is 4.72 Å². The standard InChI is InChI=1S/C12H17F2NO3S2/c1-8(3-4-19-2)15-20(17,18)11-6-9(7-16)5-10(13)12(11)14/h5-6,8,15-16H,3-4,7H2,1-2H3. The SMILES string of the molecule is CSCCC(C)NS(=O)(=O)c1cc(CO)cc(F)c1F. The molecule has 0 bridgehead atoms. The minimum absolute atomic E-state index is 0.000965. The first kappa shape index (κ1) is 17.4. The molecule has 0 spiro atoms. The topological polar surface area (TPSA) is 66.4 Å². The molecule has 20 heavy (non-hydrogen) atoms. The zero-order chi connectivity index (χ0) is 15.3. The fraction of sp³-hybridized carbons (Fsp3) is 0.500. The molecule has 1 unspecified atom stereocenters. The number of sulfonamides is 1. The Balaban J connectivity index is 3.06. The maximum absolute atomic E-state index is 13.6. The van der Waals surface area contributed by atoms with Gasteiger partial charge in [0.1, 0.15) is 4.90 Å². The fourth-order valence-corrected chi connectivity index (χ4v) is 3.59. The zero-order valence-corrected chi connectivity index (χ0v) is 12.8. The molecule has 0 aliphatic heterocycles. The molecule has 0 amide bonds. The van der Waals surface area contributed by atoms with Gasteiger partial charge < -0.3 is 5.11 Å². The summed E-state index contributed by atoms with van der Waals surface area (Å²) in [5.41, 5.74) is 0.000965. The van der Waals surface area contributed by atoms with Gasteiger partial charge in [-0.15, -0.1) is 0 Å². The highest BCUT2D eigenvalue weighted by molar-refractivity contribution is 7.98. The monoisotopic (exact) mass is 325 g/mol. The summed E-state index contributed by atoms with van der Waals surface area (Å²) in [5, 5.41) is 8.93. The Morgan fingerprint density at radius 3 is 2.60 bits per heavy atom. The predicted octanol–water partition coefficient (Wildman–Crippen LogP) is 1.88. The number of rotatable bonds is 7. The Kier molecular flexibility index (Phi) is 6.38. The lowest BCUT2D eigenvalue weighted by molar-refractivity contribution is 0.280. The van der Waals surface area contributed by atoms with Crippen LogP contribution in [-0.2, 0) is 16.6 Å². The summed E-state index contributed by atoms with van der Waals surface area (Å²) in [7, 11) is -4.16. The maximum atomic E-state index is 13.6. The van der Waals surface area contributed by atoms with Gasteiger partial charge in [0.2, 0.25) is 10.0 Å². The average Bonchev–Trinajstić information content (AvgIpc) is 2.38. The molecule has 1 aromatic rings. The number of hydrogen-bond acceptors (Lipinski definition) is 4. The van der Waals surface area contributed by atoms with Crippen molar-refractivity contribution in [2.24, 2.45) is 0 Å². The van der Waals surface area contributed by atoms with Crippen LogP contribution >= 0.6 is 11.8 Å². The third-order valence-electron chi connectivity index (χ3n) is 2.64. The van der Waals surface area contributed by atoms with E-state index >= 15 is 0 Å². The first-order chi connectivity index (χ1) is 9.31. The molecule has 0 heterocycles. The highest BCUT2D eigenvalue weighted by atomic mass is 32.2. The molecule has 0 aliphatic carbocycles. The molecule has 114 valence electrons. The van der Waals surface area contributed by atoms with E-state index in [4.69, 9.17) is 5.11 Å². The molecule has 2 N–H and O–H groups in total. The summed E-state index contributed by atoms with van der Waals surface area (Å²) in [6, 6.07) is 1.31. The van der Waals surface area contributed by atoms with Crippen molar-refractivity contribution in [3.63, 3.8) is 0 Å². The van der Waals surface area contributed by atoms with Crippen molar-refractivity contribution >= 4 is 21.8 Å². The van der Waals surface area contributed by atoms with Crippen molar-refractivity contribution in [1.29, 1.82) is 0 Å². The van der Waals surface area contributed by atoms with Gasteiger partial charge in [0.25, 0.3) is 0 Å². The molecular weight excluding hydrogens is 308 g/mol. The van der Waals surface area contributed by atoms with E-state index in [1.807, 2.05) is 6.26 Å². The first-order valence-corrected chi connectivity index (χ1v) is 8.79. The van der Waals surface area contributed by atoms with Crippen LogP contribution in [0.4, 0.5) is 8.78 Å². The van der Waals surface area contributed by atoms with E-state index in [1.54, 1.807) is 18.7 Å². The Morgan fingerprint density at radius 1 is 1.40 bits per heavy atom. The molecule has 8 heteroatoms. The van der Waals surface area contributed by atoms with Gasteiger partial charge in [0, 0.05) is 6.04 Å². The normalized spacial score (nSPS) is 13.4. The summed E-state index contributed by atoms with van der Waals surface area (Å²) in [6.45, 7) is 1.08. The summed E-state index contributed by atoms with van der Waals surface area (Å²) in [5.74, 6) is -1.99. The van der Waals surface area contributed by atoms with Crippen molar-refractivity contribution in [2.75, 3.05) is 12.0 Å². The Hall–Kier alpha value is -0.700. The average molecular weight is 325 g/mol. The fourth-order valence-electron chi connectivity index (χ4n) is 1.59. The van der Waals surface area contributed by atoms with Crippen LogP contribution in [0.1, 0.15) is 18.9 Å². The van der Waals surface area contributed by atoms with E-state index in [2.05, 4.69) is 4.72 Å². The Morgan fingerprint density at radius 2 is 2.05 bits per heavy atom. The number of thioether (sulfide) groups is 1. The third kappa shape index (κ3) is 4.41. The second-order valence-electron chi connectivity index (χ2n) is 4.35. The van der Waals surface area contributed by atoms with Crippen LogP contribution in [0.2, 0.25) is 0 Å². The molecule has 0 aromatic heterocycles. The van der Waals surface area contributed by atoms with Crippen molar-refractivity contribution in [3.05, 3.63) is 29.3 Å². The quantitative estimate of drug-likeness (QED) is 0.803. The minimum Gasteiger partial charge on any atom is -0.392 e. The number of aliphatic hydroxyl groups is 1. The summed E-state index contributed by atoms with van der Waals surface area (Å²) < 4.78 is 53.3. The number of aliphatic hydroxyl groups excluding tert-OH is 1. The van der Waals surface area contributed by atoms with Gasteiger partial charge >= 0.3 is 0 Å². The van der Waals surface area contributed by atoms with Crippen molar-refractivity contribution in [3.8, 4) is 0 Å². The van der Waals surface area contributed by atoms with Crippen LogP contribution in [0.25, 0.3) is 0 Å². The highest BCUT2D eigenvalue weighted by Crippen LogP contribution is 2.20. The van der Waals surface area contributed by atoms with E-state index in [0.717, 1.165) is 17.9 Å². The molecule has 1 aromatic carbocycles. The molecule has 0 radical (unpaired) electrons. The lowest BCUT2D eigenvalue weighted by Crippen LogP contribution is -2.33. The Bertz CT molecular complexity index is 564. The van der Waals surface area contributed by atoms with Crippen LogP contribution in [-0.4, -0.2) is 31.6 Å². The van der Waals surface area contributed by atoms with E-state index in [-0.39, 0.29) is 5.56 Å². The smallest absolute Gasteiger partial charge is 0.243 e. The summed E-state index contributed by atoms with van der Waals surface area (Å²) >= 11 is 1.56. The largest absolute Gasteiger partial charge is 0.392 e. The van der Waals surface area contributed by atoms with Crippen LogP contribution in [0.5, 0.6) is 0 Å².